The Labute approximate surface area is 134 Å². The maximum absolute atomic E-state index is 6.52. The molecule has 1 heterocycles. The van der Waals surface area contributed by atoms with Gasteiger partial charge in [-0.05, 0) is 58.1 Å². The molecule has 1 aliphatic heterocycles. The van der Waals surface area contributed by atoms with Crippen molar-refractivity contribution in [3.05, 3.63) is 28.8 Å². The van der Waals surface area contributed by atoms with Crippen LogP contribution in [0.2, 0.25) is 5.02 Å². The highest BCUT2D eigenvalue weighted by Gasteiger charge is 2.20. The minimum absolute atomic E-state index is 0.296. The van der Waals surface area contributed by atoms with Gasteiger partial charge in [0.2, 0.25) is 0 Å². The first-order valence-electron chi connectivity index (χ1n) is 8.01. The minimum Gasteiger partial charge on any atom is -0.367 e. The number of nitrogens with one attached hydrogen (secondary N) is 1. The third kappa shape index (κ3) is 4.12. The van der Waals surface area contributed by atoms with Crippen molar-refractivity contribution in [2.45, 2.75) is 39.3 Å². The summed E-state index contributed by atoms with van der Waals surface area (Å²) < 4.78 is 0. The van der Waals surface area contributed by atoms with Crippen molar-refractivity contribution in [3.8, 4) is 0 Å². The van der Waals surface area contributed by atoms with Crippen LogP contribution >= 0.6 is 11.6 Å². The molecular formula is C17H28ClN3. The van der Waals surface area contributed by atoms with E-state index >= 15 is 0 Å². The van der Waals surface area contributed by atoms with E-state index < -0.39 is 0 Å². The average Bonchev–Trinajstić information content (AvgIpc) is 2.59. The van der Waals surface area contributed by atoms with Gasteiger partial charge in [0.05, 0.1) is 0 Å². The lowest BCUT2D eigenvalue weighted by molar-refractivity contribution is 0.337. The van der Waals surface area contributed by atoms with Gasteiger partial charge in [0, 0.05) is 35.9 Å². The summed E-state index contributed by atoms with van der Waals surface area (Å²) in [6.45, 7) is 10.9. The molecule has 1 saturated heterocycles. The van der Waals surface area contributed by atoms with E-state index in [1.54, 1.807) is 0 Å². The van der Waals surface area contributed by atoms with Crippen LogP contribution in [0, 0.1) is 0 Å². The maximum Gasteiger partial charge on any atom is 0.0474 e. The standard InChI is InChI=1S/C17H28ClN3/c1-5-19-14(3)16-8-7-15(11-17(16)18)21-10-6-9-20(4)12-13(21)2/h7-8,11,13-14,19H,5-6,9-10,12H2,1-4H3. The van der Waals surface area contributed by atoms with Crippen LogP contribution in [0.1, 0.15) is 38.8 Å². The number of likely N-dealkylation sites (N-methyl/N-ethyl adjacent to an activating group) is 1. The third-order valence-electron chi connectivity index (χ3n) is 4.34. The fraction of sp³-hybridized carbons (Fsp3) is 0.647. The molecule has 0 aliphatic carbocycles. The topological polar surface area (TPSA) is 18.5 Å². The lowest BCUT2D eigenvalue weighted by atomic mass is 10.1. The van der Waals surface area contributed by atoms with Gasteiger partial charge in [-0.15, -0.1) is 0 Å². The van der Waals surface area contributed by atoms with Crippen LogP contribution in [-0.2, 0) is 0 Å². The Bertz CT molecular complexity index is 463. The number of nitrogens with zero attached hydrogens (tertiary/aromatic N) is 2. The zero-order valence-electron chi connectivity index (χ0n) is 13.7. The summed E-state index contributed by atoms with van der Waals surface area (Å²) in [4.78, 5) is 4.89. The molecule has 0 saturated carbocycles. The van der Waals surface area contributed by atoms with Crippen molar-refractivity contribution < 1.29 is 0 Å². The molecular weight excluding hydrogens is 282 g/mol. The molecule has 2 rings (SSSR count). The summed E-state index contributed by atoms with van der Waals surface area (Å²) in [7, 11) is 2.20. The predicted molar refractivity (Wildman–Crippen MR) is 92.5 cm³/mol. The lowest BCUT2D eigenvalue weighted by Crippen LogP contribution is -2.37. The van der Waals surface area contributed by atoms with Gasteiger partial charge in [0.1, 0.15) is 0 Å². The number of halogens is 1. The van der Waals surface area contributed by atoms with Gasteiger partial charge in [0.25, 0.3) is 0 Å². The van der Waals surface area contributed by atoms with E-state index in [4.69, 9.17) is 11.6 Å². The van der Waals surface area contributed by atoms with Crippen LogP contribution in [0.15, 0.2) is 18.2 Å². The van der Waals surface area contributed by atoms with Crippen LogP contribution in [-0.4, -0.2) is 44.2 Å². The molecule has 3 nitrogen and oxygen atoms in total. The Balaban J connectivity index is 2.18. The van der Waals surface area contributed by atoms with Gasteiger partial charge in [0.15, 0.2) is 0 Å². The minimum atomic E-state index is 0.296. The molecule has 1 aromatic carbocycles. The van der Waals surface area contributed by atoms with Crippen LogP contribution in [0.5, 0.6) is 0 Å². The molecule has 1 fully saturated rings. The molecule has 1 N–H and O–H groups in total. The summed E-state index contributed by atoms with van der Waals surface area (Å²) in [5.41, 5.74) is 2.43. The first-order chi connectivity index (χ1) is 10.0. The zero-order valence-corrected chi connectivity index (χ0v) is 14.5. The first-order valence-corrected chi connectivity index (χ1v) is 8.38. The second-order valence-electron chi connectivity index (χ2n) is 6.14. The van der Waals surface area contributed by atoms with Crippen LogP contribution < -0.4 is 10.2 Å². The van der Waals surface area contributed by atoms with Gasteiger partial charge < -0.3 is 15.1 Å². The van der Waals surface area contributed by atoms with Crippen molar-refractivity contribution in [2.24, 2.45) is 0 Å². The summed E-state index contributed by atoms with van der Waals surface area (Å²) >= 11 is 6.52. The van der Waals surface area contributed by atoms with Gasteiger partial charge in [-0.25, -0.2) is 0 Å². The fourth-order valence-corrected chi connectivity index (χ4v) is 3.56. The normalized spacial score (nSPS) is 22.1. The van der Waals surface area contributed by atoms with Gasteiger partial charge in [-0.1, -0.05) is 24.6 Å². The van der Waals surface area contributed by atoms with Crippen molar-refractivity contribution in [1.82, 2.24) is 10.2 Å². The van der Waals surface area contributed by atoms with E-state index in [1.165, 1.54) is 24.2 Å². The highest BCUT2D eigenvalue weighted by Crippen LogP contribution is 2.29. The Kier molecular flexibility index (Phi) is 5.91. The molecule has 4 heteroatoms. The SMILES string of the molecule is CCNC(C)c1ccc(N2CCCN(C)CC2C)cc1Cl. The van der Waals surface area contributed by atoms with Crippen LogP contribution in [0.25, 0.3) is 0 Å². The summed E-state index contributed by atoms with van der Waals surface area (Å²) in [5.74, 6) is 0. The predicted octanol–water partition coefficient (Wildman–Crippen LogP) is 3.54. The van der Waals surface area contributed by atoms with Gasteiger partial charge >= 0.3 is 0 Å². The largest absolute Gasteiger partial charge is 0.367 e. The van der Waals surface area contributed by atoms with E-state index in [2.05, 4.69) is 61.1 Å². The van der Waals surface area contributed by atoms with Gasteiger partial charge in [-0.3, -0.25) is 0 Å². The monoisotopic (exact) mass is 309 g/mol. The van der Waals surface area contributed by atoms with Crippen molar-refractivity contribution in [1.29, 1.82) is 0 Å². The van der Waals surface area contributed by atoms with Crippen LogP contribution in [0.4, 0.5) is 5.69 Å². The second kappa shape index (κ2) is 7.48. The van der Waals surface area contributed by atoms with Crippen molar-refractivity contribution in [3.63, 3.8) is 0 Å². The molecule has 0 spiro atoms. The van der Waals surface area contributed by atoms with Crippen molar-refractivity contribution >= 4 is 17.3 Å². The number of hydrogen-bond acceptors (Lipinski definition) is 3. The van der Waals surface area contributed by atoms with E-state index in [1.807, 2.05) is 0 Å². The molecule has 2 unspecified atom stereocenters. The number of benzene rings is 1. The number of rotatable bonds is 4. The molecule has 0 amide bonds. The smallest absolute Gasteiger partial charge is 0.0474 e. The Morgan fingerprint density at radius 1 is 1.38 bits per heavy atom. The molecule has 0 bridgehead atoms. The average molecular weight is 310 g/mol. The molecule has 21 heavy (non-hydrogen) atoms. The lowest BCUT2D eigenvalue weighted by Gasteiger charge is -2.30. The molecule has 2 atom stereocenters. The highest BCUT2D eigenvalue weighted by molar-refractivity contribution is 6.31. The van der Waals surface area contributed by atoms with E-state index in [0.29, 0.717) is 12.1 Å². The molecule has 1 aliphatic rings. The Morgan fingerprint density at radius 3 is 2.81 bits per heavy atom. The molecule has 118 valence electrons. The summed E-state index contributed by atoms with van der Waals surface area (Å²) in [5, 5.41) is 4.29. The zero-order chi connectivity index (χ0) is 15.4. The highest BCUT2D eigenvalue weighted by atomic mass is 35.5. The summed E-state index contributed by atoms with van der Waals surface area (Å²) in [6.07, 6.45) is 1.20. The van der Waals surface area contributed by atoms with Crippen LogP contribution in [0.3, 0.4) is 0 Å². The number of hydrogen-bond donors (Lipinski definition) is 1. The Morgan fingerprint density at radius 2 is 2.14 bits per heavy atom. The van der Waals surface area contributed by atoms with Gasteiger partial charge in [-0.2, -0.15) is 0 Å². The molecule has 1 aromatic rings. The maximum atomic E-state index is 6.52. The van der Waals surface area contributed by atoms with E-state index in [0.717, 1.165) is 24.7 Å². The quantitative estimate of drug-likeness (QED) is 0.918. The second-order valence-corrected chi connectivity index (χ2v) is 6.55. The summed E-state index contributed by atoms with van der Waals surface area (Å²) in [6, 6.07) is 7.34. The van der Waals surface area contributed by atoms with Crippen molar-refractivity contribution in [2.75, 3.05) is 38.1 Å². The first kappa shape index (κ1) is 16.6. The molecule has 0 aromatic heterocycles. The van der Waals surface area contributed by atoms with E-state index in [9.17, 15) is 0 Å². The van der Waals surface area contributed by atoms with E-state index in [-0.39, 0.29) is 0 Å². The Hall–Kier alpha value is -0.770. The molecule has 0 radical (unpaired) electrons. The third-order valence-corrected chi connectivity index (χ3v) is 4.67. The fourth-order valence-electron chi connectivity index (χ4n) is 3.22. The number of anilines is 1.